The molecule has 21 heavy (non-hydrogen) atoms. The highest BCUT2D eigenvalue weighted by molar-refractivity contribution is 6.32. The Kier molecular flexibility index (Phi) is 3.62. The molecule has 0 aliphatic heterocycles. The standard InChI is InChI=1S/C16H15ClN4/c1-21(10-11-5-3-2-4-6-11)16-15(17)19-13-8-7-12(18)9-14(13)20-16/h2-9H,10,18H2,1H3. The lowest BCUT2D eigenvalue weighted by Gasteiger charge is -2.19. The van der Waals surface area contributed by atoms with E-state index < -0.39 is 0 Å². The average molecular weight is 299 g/mol. The summed E-state index contributed by atoms with van der Waals surface area (Å²) in [4.78, 5) is 10.9. The van der Waals surface area contributed by atoms with E-state index in [9.17, 15) is 0 Å². The molecule has 5 heteroatoms. The first kappa shape index (κ1) is 13.6. The van der Waals surface area contributed by atoms with Crippen molar-refractivity contribution in [2.45, 2.75) is 6.54 Å². The maximum absolute atomic E-state index is 6.26. The van der Waals surface area contributed by atoms with Crippen molar-refractivity contribution >= 4 is 34.1 Å². The molecule has 2 N–H and O–H groups in total. The lowest BCUT2D eigenvalue weighted by atomic mass is 10.2. The largest absolute Gasteiger partial charge is 0.399 e. The second-order valence-corrected chi connectivity index (χ2v) is 5.29. The lowest BCUT2D eigenvalue weighted by Crippen LogP contribution is -2.18. The predicted molar refractivity (Wildman–Crippen MR) is 87.5 cm³/mol. The van der Waals surface area contributed by atoms with Gasteiger partial charge < -0.3 is 10.6 Å². The van der Waals surface area contributed by atoms with Gasteiger partial charge in [0.25, 0.3) is 0 Å². The molecule has 0 saturated carbocycles. The first-order valence-corrected chi connectivity index (χ1v) is 6.99. The molecule has 0 spiro atoms. The molecule has 0 radical (unpaired) electrons. The minimum absolute atomic E-state index is 0.394. The number of halogens is 1. The van der Waals surface area contributed by atoms with Gasteiger partial charge in [-0.05, 0) is 23.8 Å². The molecule has 0 unspecified atom stereocenters. The number of nitrogen functional groups attached to an aromatic ring is 1. The van der Waals surface area contributed by atoms with E-state index in [2.05, 4.69) is 22.1 Å². The second kappa shape index (κ2) is 5.58. The van der Waals surface area contributed by atoms with Gasteiger partial charge >= 0.3 is 0 Å². The topological polar surface area (TPSA) is 55.0 Å². The Hall–Kier alpha value is -2.33. The van der Waals surface area contributed by atoms with Gasteiger partial charge in [-0.1, -0.05) is 41.9 Å². The quantitative estimate of drug-likeness (QED) is 0.752. The number of rotatable bonds is 3. The summed E-state index contributed by atoms with van der Waals surface area (Å²) in [7, 11) is 1.95. The summed E-state index contributed by atoms with van der Waals surface area (Å²) in [5.41, 5.74) is 9.13. The van der Waals surface area contributed by atoms with Crippen LogP contribution in [-0.2, 0) is 6.54 Å². The Morgan fingerprint density at radius 1 is 1.05 bits per heavy atom. The molecule has 0 atom stereocenters. The van der Waals surface area contributed by atoms with Gasteiger partial charge in [0, 0.05) is 19.3 Å². The zero-order valence-corrected chi connectivity index (χ0v) is 12.4. The Balaban J connectivity index is 1.97. The molecule has 3 aromatic rings. The summed E-state index contributed by atoms with van der Waals surface area (Å²) in [5.74, 6) is 0.651. The third-order valence-electron chi connectivity index (χ3n) is 3.25. The molecule has 4 nitrogen and oxygen atoms in total. The van der Waals surface area contributed by atoms with Crippen LogP contribution in [0.4, 0.5) is 11.5 Å². The molecule has 0 bridgehead atoms. The van der Waals surface area contributed by atoms with Crippen LogP contribution in [0.3, 0.4) is 0 Å². The maximum Gasteiger partial charge on any atom is 0.172 e. The van der Waals surface area contributed by atoms with Gasteiger partial charge in [0.2, 0.25) is 0 Å². The average Bonchev–Trinajstić information content (AvgIpc) is 2.48. The van der Waals surface area contributed by atoms with Crippen molar-refractivity contribution in [1.82, 2.24) is 9.97 Å². The van der Waals surface area contributed by atoms with Gasteiger partial charge in [0.1, 0.15) is 0 Å². The summed E-state index contributed by atoms with van der Waals surface area (Å²) in [6.07, 6.45) is 0. The zero-order chi connectivity index (χ0) is 14.8. The number of hydrogen-bond donors (Lipinski definition) is 1. The summed E-state index contributed by atoms with van der Waals surface area (Å²) >= 11 is 6.26. The van der Waals surface area contributed by atoms with E-state index in [1.165, 1.54) is 5.56 Å². The zero-order valence-electron chi connectivity index (χ0n) is 11.6. The van der Waals surface area contributed by atoms with Crippen LogP contribution < -0.4 is 10.6 Å². The smallest absolute Gasteiger partial charge is 0.172 e. The van der Waals surface area contributed by atoms with Gasteiger partial charge in [0.05, 0.1) is 11.0 Å². The number of aromatic nitrogens is 2. The van der Waals surface area contributed by atoms with E-state index >= 15 is 0 Å². The second-order valence-electron chi connectivity index (χ2n) is 4.93. The molecule has 0 saturated heterocycles. The summed E-state index contributed by atoms with van der Waals surface area (Å²) in [6.45, 7) is 0.711. The highest BCUT2D eigenvalue weighted by atomic mass is 35.5. The number of hydrogen-bond acceptors (Lipinski definition) is 4. The van der Waals surface area contributed by atoms with E-state index in [0.717, 1.165) is 11.0 Å². The third kappa shape index (κ3) is 2.90. The summed E-state index contributed by atoms with van der Waals surface area (Å²) in [5, 5.41) is 0.394. The van der Waals surface area contributed by atoms with Crippen LogP contribution >= 0.6 is 11.6 Å². The lowest BCUT2D eigenvalue weighted by molar-refractivity contribution is 0.897. The van der Waals surface area contributed by atoms with E-state index in [4.69, 9.17) is 17.3 Å². The minimum Gasteiger partial charge on any atom is -0.399 e. The Morgan fingerprint density at radius 2 is 1.81 bits per heavy atom. The fourth-order valence-electron chi connectivity index (χ4n) is 2.22. The highest BCUT2D eigenvalue weighted by Gasteiger charge is 2.12. The Morgan fingerprint density at radius 3 is 2.57 bits per heavy atom. The summed E-state index contributed by atoms with van der Waals surface area (Å²) in [6, 6.07) is 15.6. The van der Waals surface area contributed by atoms with E-state index in [-0.39, 0.29) is 0 Å². The molecular formula is C16H15ClN4. The van der Waals surface area contributed by atoms with E-state index in [1.807, 2.05) is 36.2 Å². The number of fused-ring (bicyclic) bond motifs is 1. The van der Waals surface area contributed by atoms with Crippen molar-refractivity contribution in [3.8, 4) is 0 Å². The van der Waals surface area contributed by atoms with Gasteiger partial charge in [-0.25, -0.2) is 9.97 Å². The Bertz CT molecular complexity index is 774. The van der Waals surface area contributed by atoms with Crippen molar-refractivity contribution in [1.29, 1.82) is 0 Å². The van der Waals surface area contributed by atoms with Crippen molar-refractivity contribution in [3.05, 3.63) is 59.2 Å². The van der Waals surface area contributed by atoms with E-state index in [1.54, 1.807) is 12.1 Å². The normalized spacial score (nSPS) is 10.8. The number of nitrogens with zero attached hydrogens (tertiary/aromatic N) is 3. The van der Waals surface area contributed by atoms with Crippen LogP contribution in [0.1, 0.15) is 5.56 Å². The Labute approximate surface area is 128 Å². The van der Waals surface area contributed by atoms with Crippen molar-refractivity contribution in [2.75, 3.05) is 17.7 Å². The summed E-state index contributed by atoms with van der Waals surface area (Å²) < 4.78 is 0. The van der Waals surface area contributed by atoms with Gasteiger partial charge in [-0.15, -0.1) is 0 Å². The highest BCUT2D eigenvalue weighted by Crippen LogP contribution is 2.25. The monoisotopic (exact) mass is 298 g/mol. The third-order valence-corrected chi connectivity index (χ3v) is 3.51. The molecule has 1 aromatic heterocycles. The fraction of sp³-hybridized carbons (Fsp3) is 0.125. The van der Waals surface area contributed by atoms with Crippen molar-refractivity contribution < 1.29 is 0 Å². The molecule has 3 rings (SSSR count). The number of benzene rings is 2. The van der Waals surface area contributed by atoms with Crippen LogP contribution in [0.2, 0.25) is 5.15 Å². The first-order chi connectivity index (χ1) is 10.1. The number of anilines is 2. The molecule has 0 aliphatic rings. The van der Waals surface area contributed by atoms with Gasteiger partial charge in [-0.3, -0.25) is 0 Å². The maximum atomic E-state index is 6.26. The molecular weight excluding hydrogens is 284 g/mol. The van der Waals surface area contributed by atoms with Gasteiger partial charge in [0.15, 0.2) is 11.0 Å². The first-order valence-electron chi connectivity index (χ1n) is 6.61. The van der Waals surface area contributed by atoms with Crippen molar-refractivity contribution in [2.24, 2.45) is 0 Å². The van der Waals surface area contributed by atoms with Crippen LogP contribution in [0.15, 0.2) is 48.5 Å². The predicted octanol–water partition coefficient (Wildman–Crippen LogP) is 3.50. The molecule has 0 amide bonds. The number of nitrogens with two attached hydrogens (primary N) is 1. The minimum atomic E-state index is 0.394. The van der Waals surface area contributed by atoms with Crippen LogP contribution in [-0.4, -0.2) is 17.0 Å². The van der Waals surface area contributed by atoms with Crippen molar-refractivity contribution in [3.63, 3.8) is 0 Å². The molecule has 0 fully saturated rings. The molecule has 106 valence electrons. The molecule has 2 aromatic carbocycles. The van der Waals surface area contributed by atoms with Gasteiger partial charge in [-0.2, -0.15) is 0 Å². The van der Waals surface area contributed by atoms with E-state index in [0.29, 0.717) is 23.2 Å². The van der Waals surface area contributed by atoms with Crippen LogP contribution in [0.25, 0.3) is 11.0 Å². The molecule has 0 aliphatic carbocycles. The molecule has 1 heterocycles. The fourth-order valence-corrected chi connectivity index (χ4v) is 2.49. The van der Waals surface area contributed by atoms with Crippen LogP contribution in [0, 0.1) is 0 Å². The van der Waals surface area contributed by atoms with Crippen LogP contribution in [0.5, 0.6) is 0 Å². The SMILES string of the molecule is CN(Cc1ccccc1)c1nc2cc(N)ccc2nc1Cl.